The van der Waals surface area contributed by atoms with Gasteiger partial charge in [-0.1, -0.05) is 30.3 Å². The lowest BCUT2D eigenvalue weighted by atomic mass is 10.1. The van der Waals surface area contributed by atoms with Crippen molar-refractivity contribution in [2.75, 3.05) is 48.4 Å². The number of hydrogen-bond donors (Lipinski definition) is 3. The Kier molecular flexibility index (Phi) is 6.73. The van der Waals surface area contributed by atoms with Crippen LogP contribution in [0.2, 0.25) is 0 Å². The molecule has 0 aliphatic carbocycles. The fourth-order valence-corrected chi connectivity index (χ4v) is 4.55. The summed E-state index contributed by atoms with van der Waals surface area (Å²) in [6.45, 7) is 3.96. The zero-order chi connectivity index (χ0) is 25.7. The number of morpholine rings is 1. The molecule has 9 heteroatoms. The van der Waals surface area contributed by atoms with Crippen molar-refractivity contribution in [1.82, 2.24) is 19.5 Å². The third kappa shape index (κ3) is 5.23. The Hall–Kier alpha value is -4.63. The molecule has 1 fully saturated rings. The second kappa shape index (κ2) is 10.8. The van der Waals surface area contributed by atoms with Crippen LogP contribution in [-0.4, -0.2) is 57.5 Å². The molecular weight excluding hydrogens is 478 g/mol. The summed E-state index contributed by atoms with van der Waals surface area (Å²) in [5.41, 5.74) is 5.59. The van der Waals surface area contributed by atoms with Crippen molar-refractivity contribution in [2.45, 2.75) is 6.42 Å². The second-order valence-electron chi connectivity index (χ2n) is 9.13. The Morgan fingerprint density at radius 2 is 1.61 bits per heavy atom. The van der Waals surface area contributed by atoms with Gasteiger partial charge in [0, 0.05) is 36.7 Å². The van der Waals surface area contributed by atoms with Crippen LogP contribution in [0.3, 0.4) is 0 Å². The number of aromatic nitrogens is 4. The van der Waals surface area contributed by atoms with E-state index >= 15 is 0 Å². The van der Waals surface area contributed by atoms with Gasteiger partial charge in [0.25, 0.3) is 0 Å². The molecule has 0 amide bonds. The lowest BCUT2D eigenvalue weighted by molar-refractivity contribution is 0.122. The third-order valence-corrected chi connectivity index (χ3v) is 6.57. The van der Waals surface area contributed by atoms with Gasteiger partial charge in [0.2, 0.25) is 5.95 Å². The first-order valence-corrected chi connectivity index (χ1v) is 12.7. The molecule has 6 rings (SSSR count). The van der Waals surface area contributed by atoms with E-state index in [1.165, 1.54) is 5.69 Å². The molecule has 3 heterocycles. The predicted octanol–water partition coefficient (Wildman–Crippen LogP) is 4.76. The zero-order valence-corrected chi connectivity index (χ0v) is 20.9. The number of para-hydroxylation sites is 1. The number of phenolic OH excluding ortho intramolecular Hbond substituents is 1. The van der Waals surface area contributed by atoms with E-state index in [4.69, 9.17) is 14.7 Å². The maximum absolute atomic E-state index is 9.55. The molecule has 1 aliphatic rings. The van der Waals surface area contributed by atoms with Crippen molar-refractivity contribution < 1.29 is 9.84 Å². The summed E-state index contributed by atoms with van der Waals surface area (Å²) in [7, 11) is 0. The van der Waals surface area contributed by atoms with Gasteiger partial charge in [-0.2, -0.15) is 9.97 Å². The molecule has 3 aromatic carbocycles. The highest BCUT2D eigenvalue weighted by molar-refractivity contribution is 5.86. The summed E-state index contributed by atoms with van der Waals surface area (Å²) in [5.74, 6) is 1.41. The minimum absolute atomic E-state index is 0.263. The Morgan fingerprint density at radius 3 is 2.37 bits per heavy atom. The molecule has 1 saturated heterocycles. The first-order valence-electron chi connectivity index (χ1n) is 12.7. The molecule has 0 atom stereocenters. The number of rotatable bonds is 8. The van der Waals surface area contributed by atoms with E-state index in [1.54, 1.807) is 18.5 Å². The Labute approximate surface area is 220 Å². The largest absolute Gasteiger partial charge is 0.508 e. The highest BCUT2D eigenvalue weighted by Crippen LogP contribution is 2.26. The van der Waals surface area contributed by atoms with Gasteiger partial charge in [0.05, 0.1) is 13.2 Å². The van der Waals surface area contributed by atoms with E-state index in [2.05, 4.69) is 32.7 Å². The van der Waals surface area contributed by atoms with Crippen molar-refractivity contribution in [1.29, 1.82) is 0 Å². The molecule has 0 spiro atoms. The molecule has 0 unspecified atom stereocenters. The highest BCUT2D eigenvalue weighted by atomic mass is 16.5. The number of benzene rings is 3. The van der Waals surface area contributed by atoms with E-state index in [0.717, 1.165) is 49.7 Å². The fourth-order valence-electron chi connectivity index (χ4n) is 4.55. The van der Waals surface area contributed by atoms with Gasteiger partial charge in [-0.15, -0.1) is 0 Å². The van der Waals surface area contributed by atoms with Crippen LogP contribution in [0, 0.1) is 0 Å². The zero-order valence-electron chi connectivity index (χ0n) is 20.9. The number of hydrogen-bond acceptors (Lipinski definition) is 8. The molecule has 3 N–H and O–H groups in total. The third-order valence-electron chi connectivity index (χ3n) is 6.57. The lowest BCUT2D eigenvalue weighted by Crippen LogP contribution is -2.36. The van der Waals surface area contributed by atoms with E-state index in [9.17, 15) is 5.11 Å². The van der Waals surface area contributed by atoms with E-state index in [-0.39, 0.29) is 5.75 Å². The number of phenols is 1. The Bertz CT molecular complexity index is 1500. The van der Waals surface area contributed by atoms with Gasteiger partial charge >= 0.3 is 0 Å². The molecule has 192 valence electrons. The SMILES string of the molecule is Oc1ccc(CCNc2nc(Nc3ccc(N4CCOCC4)cc3)nc3c2ncn3-c2ccccc2)cc1. The fraction of sp³-hybridized carbons (Fsp3) is 0.207. The number of anilines is 4. The van der Waals surface area contributed by atoms with Crippen LogP contribution < -0.4 is 15.5 Å². The van der Waals surface area contributed by atoms with Crippen molar-refractivity contribution in [3.63, 3.8) is 0 Å². The predicted molar refractivity (Wildman–Crippen MR) is 150 cm³/mol. The van der Waals surface area contributed by atoms with Crippen molar-refractivity contribution >= 4 is 34.3 Å². The average molecular weight is 508 g/mol. The topological polar surface area (TPSA) is 100 Å². The minimum atomic E-state index is 0.263. The first kappa shape index (κ1) is 23.7. The van der Waals surface area contributed by atoms with Crippen LogP contribution in [0.4, 0.5) is 23.1 Å². The summed E-state index contributed by atoms with van der Waals surface area (Å²) in [5, 5.41) is 16.4. The van der Waals surface area contributed by atoms with Crippen LogP contribution >= 0.6 is 0 Å². The Morgan fingerprint density at radius 1 is 0.842 bits per heavy atom. The molecule has 5 aromatic rings. The van der Waals surface area contributed by atoms with Crippen molar-refractivity contribution in [3.8, 4) is 11.4 Å². The van der Waals surface area contributed by atoms with Gasteiger partial charge in [-0.3, -0.25) is 4.57 Å². The first-order chi connectivity index (χ1) is 18.7. The Balaban J connectivity index is 1.27. The maximum atomic E-state index is 9.55. The van der Waals surface area contributed by atoms with Gasteiger partial charge in [0.15, 0.2) is 17.0 Å². The van der Waals surface area contributed by atoms with E-state index < -0.39 is 0 Å². The summed E-state index contributed by atoms with van der Waals surface area (Å²) >= 11 is 0. The standard InChI is InChI=1S/C29H29N7O2/c37-25-12-6-21(7-13-25)14-15-30-27-26-28(36(20-31-26)24-4-2-1-3-5-24)34-29(33-27)32-22-8-10-23(11-9-22)35-16-18-38-19-17-35/h1-13,20,37H,14-19H2,(H2,30,32,33,34). The number of imidazole rings is 1. The van der Waals surface area contributed by atoms with Crippen molar-refractivity contribution in [3.05, 3.63) is 90.8 Å². The number of ether oxygens (including phenoxy) is 1. The monoisotopic (exact) mass is 507 g/mol. The summed E-state index contributed by atoms with van der Waals surface area (Å²) in [6.07, 6.45) is 2.55. The molecule has 9 nitrogen and oxygen atoms in total. The van der Waals surface area contributed by atoms with E-state index in [0.29, 0.717) is 29.5 Å². The molecule has 0 saturated carbocycles. The van der Waals surface area contributed by atoms with Gasteiger partial charge in [-0.25, -0.2) is 4.98 Å². The quantitative estimate of drug-likeness (QED) is 0.277. The molecular formula is C29H29N7O2. The van der Waals surface area contributed by atoms with Gasteiger partial charge in [-0.05, 0) is 60.5 Å². The number of fused-ring (bicyclic) bond motifs is 1. The maximum Gasteiger partial charge on any atom is 0.231 e. The normalized spacial score (nSPS) is 13.5. The van der Waals surface area contributed by atoms with Crippen LogP contribution in [0.1, 0.15) is 5.56 Å². The number of nitrogens with one attached hydrogen (secondary N) is 2. The molecule has 0 bridgehead atoms. The van der Waals surface area contributed by atoms with Crippen molar-refractivity contribution in [2.24, 2.45) is 0 Å². The molecule has 0 radical (unpaired) electrons. The summed E-state index contributed by atoms with van der Waals surface area (Å²) in [6, 6.07) is 25.6. The average Bonchev–Trinajstić information content (AvgIpc) is 3.40. The molecule has 1 aliphatic heterocycles. The lowest BCUT2D eigenvalue weighted by Gasteiger charge is -2.28. The van der Waals surface area contributed by atoms with E-state index in [1.807, 2.05) is 59.2 Å². The minimum Gasteiger partial charge on any atom is -0.508 e. The van der Waals surface area contributed by atoms with Crippen LogP contribution in [0.15, 0.2) is 85.2 Å². The number of nitrogens with zero attached hydrogens (tertiary/aromatic N) is 5. The van der Waals surface area contributed by atoms with Gasteiger partial charge < -0.3 is 25.4 Å². The molecule has 2 aromatic heterocycles. The van der Waals surface area contributed by atoms with Crippen LogP contribution in [-0.2, 0) is 11.2 Å². The van der Waals surface area contributed by atoms with Crippen LogP contribution in [0.5, 0.6) is 5.75 Å². The highest BCUT2D eigenvalue weighted by Gasteiger charge is 2.15. The number of aromatic hydroxyl groups is 1. The second-order valence-corrected chi connectivity index (χ2v) is 9.13. The van der Waals surface area contributed by atoms with Gasteiger partial charge in [0.1, 0.15) is 12.1 Å². The smallest absolute Gasteiger partial charge is 0.231 e. The van der Waals surface area contributed by atoms with Crippen LogP contribution in [0.25, 0.3) is 16.9 Å². The molecule has 38 heavy (non-hydrogen) atoms. The summed E-state index contributed by atoms with van der Waals surface area (Å²) < 4.78 is 7.44. The summed E-state index contributed by atoms with van der Waals surface area (Å²) in [4.78, 5) is 16.6.